The number of aliphatic hydroxyl groups excluding tert-OH is 1. The quantitative estimate of drug-likeness (QED) is 0.690. The molecule has 0 spiro atoms. The summed E-state index contributed by atoms with van der Waals surface area (Å²) in [6.07, 6.45) is 2.82. The summed E-state index contributed by atoms with van der Waals surface area (Å²) < 4.78 is 11.0. The lowest BCUT2D eigenvalue weighted by molar-refractivity contribution is 0.265. The number of unbranched alkanes of at least 4 members (excludes halogenated alkanes) is 2. The Bertz CT molecular complexity index is 286. The van der Waals surface area contributed by atoms with Gasteiger partial charge >= 0.3 is 0 Å². The Kier molecular flexibility index (Phi) is 6.42. The number of hydrogen-bond acceptors (Lipinski definition) is 3. The fraction of sp³-hybridized carbons (Fsp3) is 0.538. The zero-order chi connectivity index (χ0) is 11.6. The molecule has 16 heavy (non-hydrogen) atoms. The Morgan fingerprint density at radius 1 is 1.06 bits per heavy atom. The topological polar surface area (TPSA) is 38.7 Å². The molecule has 0 aliphatic carbocycles. The summed E-state index contributed by atoms with van der Waals surface area (Å²) >= 11 is 0. The van der Waals surface area contributed by atoms with Gasteiger partial charge in [0.15, 0.2) is 0 Å². The molecular formula is C13H20O3. The van der Waals surface area contributed by atoms with E-state index in [4.69, 9.17) is 14.6 Å². The molecular weight excluding hydrogens is 204 g/mol. The number of hydrogen-bond donors (Lipinski definition) is 1. The van der Waals surface area contributed by atoms with Gasteiger partial charge in [0.2, 0.25) is 0 Å². The van der Waals surface area contributed by atoms with Crippen LogP contribution in [0.2, 0.25) is 0 Å². The van der Waals surface area contributed by atoms with E-state index in [1.54, 1.807) is 0 Å². The van der Waals surface area contributed by atoms with Gasteiger partial charge in [0, 0.05) is 12.7 Å². The van der Waals surface area contributed by atoms with Gasteiger partial charge in [-0.2, -0.15) is 0 Å². The van der Waals surface area contributed by atoms with Gasteiger partial charge in [-0.3, -0.25) is 0 Å². The van der Waals surface area contributed by atoms with Crippen molar-refractivity contribution in [2.24, 2.45) is 0 Å². The second kappa shape index (κ2) is 7.99. The van der Waals surface area contributed by atoms with Crippen LogP contribution in [0.4, 0.5) is 0 Å². The molecule has 0 radical (unpaired) electrons. The van der Waals surface area contributed by atoms with Gasteiger partial charge < -0.3 is 14.6 Å². The summed E-state index contributed by atoms with van der Waals surface area (Å²) in [7, 11) is 0. The van der Waals surface area contributed by atoms with E-state index in [9.17, 15) is 0 Å². The molecule has 0 bridgehead atoms. The number of benzene rings is 1. The van der Waals surface area contributed by atoms with Crippen molar-refractivity contribution in [2.75, 3.05) is 19.8 Å². The maximum Gasteiger partial charge on any atom is 0.122 e. The van der Waals surface area contributed by atoms with Gasteiger partial charge in [0.05, 0.1) is 13.2 Å². The highest BCUT2D eigenvalue weighted by Crippen LogP contribution is 2.19. The molecule has 1 rings (SSSR count). The van der Waals surface area contributed by atoms with Crippen molar-refractivity contribution in [3.8, 4) is 11.5 Å². The van der Waals surface area contributed by atoms with Crippen LogP contribution in [0.15, 0.2) is 24.3 Å². The molecule has 0 saturated carbocycles. The van der Waals surface area contributed by atoms with Crippen molar-refractivity contribution < 1.29 is 14.6 Å². The highest BCUT2D eigenvalue weighted by Gasteiger charge is 1.97. The molecule has 90 valence electrons. The third-order valence-electron chi connectivity index (χ3n) is 2.19. The predicted octanol–water partition coefficient (Wildman–Crippen LogP) is 2.63. The zero-order valence-corrected chi connectivity index (χ0v) is 9.82. The molecule has 1 aromatic carbocycles. The molecule has 3 heteroatoms. The van der Waals surface area contributed by atoms with Crippen molar-refractivity contribution in [3.05, 3.63) is 24.3 Å². The molecule has 0 saturated heterocycles. The van der Waals surface area contributed by atoms with Crippen molar-refractivity contribution >= 4 is 0 Å². The van der Waals surface area contributed by atoms with Gasteiger partial charge in [0.25, 0.3) is 0 Å². The Morgan fingerprint density at radius 2 is 1.81 bits per heavy atom. The van der Waals surface area contributed by atoms with E-state index in [2.05, 4.69) is 0 Å². The minimum absolute atomic E-state index is 0.264. The third-order valence-corrected chi connectivity index (χ3v) is 2.19. The predicted molar refractivity (Wildman–Crippen MR) is 64.0 cm³/mol. The summed E-state index contributed by atoms with van der Waals surface area (Å²) in [5, 5.41) is 8.62. The fourth-order valence-corrected chi connectivity index (χ4v) is 1.40. The Balaban J connectivity index is 2.27. The largest absolute Gasteiger partial charge is 0.494 e. The van der Waals surface area contributed by atoms with Crippen LogP contribution in [0.1, 0.15) is 26.2 Å². The van der Waals surface area contributed by atoms with Crippen molar-refractivity contribution in [2.45, 2.75) is 26.2 Å². The lowest BCUT2D eigenvalue weighted by Gasteiger charge is -2.08. The normalized spacial score (nSPS) is 10.1. The van der Waals surface area contributed by atoms with Crippen LogP contribution < -0.4 is 9.47 Å². The van der Waals surface area contributed by atoms with Gasteiger partial charge in [0.1, 0.15) is 11.5 Å². The molecule has 0 aliphatic heterocycles. The van der Waals surface area contributed by atoms with Gasteiger partial charge in [-0.1, -0.05) is 6.07 Å². The van der Waals surface area contributed by atoms with Crippen molar-refractivity contribution in [1.82, 2.24) is 0 Å². The minimum atomic E-state index is 0.264. The van der Waals surface area contributed by atoms with E-state index in [-0.39, 0.29) is 6.61 Å². The fourth-order valence-electron chi connectivity index (χ4n) is 1.40. The van der Waals surface area contributed by atoms with Crippen LogP contribution in [-0.4, -0.2) is 24.9 Å². The van der Waals surface area contributed by atoms with E-state index in [0.29, 0.717) is 13.2 Å². The van der Waals surface area contributed by atoms with Crippen LogP contribution in [0, 0.1) is 0 Å². The van der Waals surface area contributed by atoms with Gasteiger partial charge in [-0.15, -0.1) is 0 Å². The second-order valence-corrected chi connectivity index (χ2v) is 3.54. The molecule has 0 aromatic heterocycles. The molecule has 0 atom stereocenters. The second-order valence-electron chi connectivity index (χ2n) is 3.54. The molecule has 0 aliphatic rings. The maximum atomic E-state index is 8.62. The van der Waals surface area contributed by atoms with Crippen LogP contribution in [-0.2, 0) is 0 Å². The Labute approximate surface area is 97.0 Å². The lowest BCUT2D eigenvalue weighted by Crippen LogP contribution is -1.98. The van der Waals surface area contributed by atoms with Gasteiger partial charge in [-0.25, -0.2) is 0 Å². The number of rotatable bonds is 8. The van der Waals surface area contributed by atoms with Crippen LogP contribution in [0.25, 0.3) is 0 Å². The number of aliphatic hydroxyl groups is 1. The third kappa shape index (κ3) is 5.03. The first-order valence-corrected chi connectivity index (χ1v) is 5.83. The maximum absolute atomic E-state index is 8.62. The molecule has 1 N–H and O–H groups in total. The molecule has 0 fully saturated rings. The Morgan fingerprint density at radius 3 is 2.50 bits per heavy atom. The lowest BCUT2D eigenvalue weighted by atomic mass is 10.2. The van der Waals surface area contributed by atoms with E-state index in [1.165, 1.54) is 0 Å². The monoisotopic (exact) mass is 224 g/mol. The summed E-state index contributed by atoms with van der Waals surface area (Å²) in [6, 6.07) is 7.67. The summed E-state index contributed by atoms with van der Waals surface area (Å²) in [5.74, 6) is 1.69. The number of ether oxygens (including phenoxy) is 2. The summed E-state index contributed by atoms with van der Waals surface area (Å²) in [6.45, 7) is 3.58. The Hall–Kier alpha value is -1.22. The van der Waals surface area contributed by atoms with Crippen LogP contribution >= 0.6 is 0 Å². The van der Waals surface area contributed by atoms with Crippen molar-refractivity contribution in [1.29, 1.82) is 0 Å². The van der Waals surface area contributed by atoms with E-state index in [1.807, 2.05) is 31.2 Å². The van der Waals surface area contributed by atoms with Crippen LogP contribution in [0.3, 0.4) is 0 Å². The van der Waals surface area contributed by atoms with E-state index in [0.717, 1.165) is 30.8 Å². The summed E-state index contributed by atoms with van der Waals surface area (Å²) in [4.78, 5) is 0. The van der Waals surface area contributed by atoms with E-state index < -0.39 is 0 Å². The molecule has 0 unspecified atom stereocenters. The first-order valence-electron chi connectivity index (χ1n) is 5.83. The average molecular weight is 224 g/mol. The highest BCUT2D eigenvalue weighted by molar-refractivity contribution is 5.32. The average Bonchev–Trinajstić information content (AvgIpc) is 2.30. The minimum Gasteiger partial charge on any atom is -0.494 e. The smallest absolute Gasteiger partial charge is 0.122 e. The molecule has 3 nitrogen and oxygen atoms in total. The molecule has 1 aromatic rings. The summed E-state index contributed by atoms with van der Waals surface area (Å²) in [5.41, 5.74) is 0. The zero-order valence-electron chi connectivity index (χ0n) is 9.82. The first-order chi connectivity index (χ1) is 7.86. The molecule has 0 amide bonds. The van der Waals surface area contributed by atoms with Crippen LogP contribution in [0.5, 0.6) is 11.5 Å². The van der Waals surface area contributed by atoms with Gasteiger partial charge in [-0.05, 0) is 38.3 Å². The first kappa shape index (κ1) is 12.8. The standard InChI is InChI=1S/C13H20O3/c1-2-15-12-7-6-8-13(11-12)16-10-5-3-4-9-14/h6-8,11,14H,2-5,9-10H2,1H3. The SMILES string of the molecule is CCOc1cccc(OCCCCCO)c1. The highest BCUT2D eigenvalue weighted by atomic mass is 16.5. The van der Waals surface area contributed by atoms with Crippen molar-refractivity contribution in [3.63, 3.8) is 0 Å². The molecule has 0 heterocycles. The van der Waals surface area contributed by atoms with E-state index >= 15 is 0 Å².